The van der Waals surface area contributed by atoms with Crippen LogP contribution in [0, 0.1) is 17.8 Å². The Morgan fingerprint density at radius 3 is 2.24 bits per heavy atom. The summed E-state index contributed by atoms with van der Waals surface area (Å²) in [6, 6.07) is 0.512. The second kappa shape index (κ2) is 4.87. The molecule has 4 atom stereocenters. The lowest BCUT2D eigenvalue weighted by molar-refractivity contribution is 0.103. The summed E-state index contributed by atoms with van der Waals surface area (Å²) in [6.45, 7) is 9.78. The highest BCUT2D eigenvalue weighted by Crippen LogP contribution is 2.47. The lowest BCUT2D eigenvalue weighted by Crippen LogP contribution is -2.50. The minimum absolute atomic E-state index is 0.512. The number of nitrogens with two attached hydrogens (primary N) is 1. The summed E-state index contributed by atoms with van der Waals surface area (Å²) in [7, 11) is 0. The van der Waals surface area contributed by atoms with Gasteiger partial charge in [0.1, 0.15) is 0 Å². The highest BCUT2D eigenvalue weighted by atomic mass is 15.3. The first kappa shape index (κ1) is 11.9. The van der Waals surface area contributed by atoms with E-state index in [1.807, 2.05) is 0 Å². The summed E-state index contributed by atoms with van der Waals surface area (Å²) in [6.07, 6.45) is 4.30. The molecule has 4 unspecified atom stereocenters. The summed E-state index contributed by atoms with van der Waals surface area (Å²) in [5.74, 6) is 2.63. The fourth-order valence-corrected chi connectivity index (χ4v) is 4.31. The Balaban J connectivity index is 1.51. The van der Waals surface area contributed by atoms with E-state index in [0.29, 0.717) is 6.04 Å². The Bertz CT molecular complexity index is 258. The average molecular weight is 237 g/mol. The molecule has 2 aliphatic carbocycles. The van der Waals surface area contributed by atoms with Crippen molar-refractivity contribution in [3.63, 3.8) is 0 Å². The fourth-order valence-electron chi connectivity index (χ4n) is 4.31. The maximum absolute atomic E-state index is 6.40. The number of piperazine rings is 1. The van der Waals surface area contributed by atoms with Crippen molar-refractivity contribution in [1.82, 2.24) is 9.80 Å². The average Bonchev–Trinajstić information content (AvgIpc) is 2.94. The minimum Gasteiger partial charge on any atom is -0.327 e. The van der Waals surface area contributed by atoms with E-state index in [1.54, 1.807) is 0 Å². The largest absolute Gasteiger partial charge is 0.327 e. The van der Waals surface area contributed by atoms with E-state index < -0.39 is 0 Å². The first-order valence-electron chi connectivity index (χ1n) is 7.48. The van der Waals surface area contributed by atoms with Gasteiger partial charge >= 0.3 is 0 Å². The fraction of sp³-hybridized carbons (Fsp3) is 1.00. The molecule has 2 saturated carbocycles. The van der Waals surface area contributed by atoms with Gasteiger partial charge < -0.3 is 15.5 Å². The zero-order valence-electron chi connectivity index (χ0n) is 11.1. The third-order valence-corrected chi connectivity index (χ3v) is 5.54. The Morgan fingerprint density at radius 1 is 1.00 bits per heavy atom. The smallest absolute Gasteiger partial charge is 0.0111 e. The van der Waals surface area contributed by atoms with Crippen molar-refractivity contribution in [3.8, 4) is 0 Å². The molecule has 3 heteroatoms. The van der Waals surface area contributed by atoms with Crippen molar-refractivity contribution in [1.29, 1.82) is 0 Å². The van der Waals surface area contributed by atoms with Crippen LogP contribution in [-0.2, 0) is 0 Å². The van der Waals surface area contributed by atoms with Crippen LogP contribution in [0.1, 0.15) is 26.2 Å². The SMILES string of the molecule is CCN1CCN(CC2C3CCC(C3)C2N)CC1. The number of hydrogen-bond acceptors (Lipinski definition) is 3. The van der Waals surface area contributed by atoms with E-state index >= 15 is 0 Å². The molecular weight excluding hydrogens is 210 g/mol. The second-order valence-corrected chi connectivity index (χ2v) is 6.31. The van der Waals surface area contributed by atoms with E-state index in [9.17, 15) is 0 Å². The lowest BCUT2D eigenvalue weighted by atomic mass is 9.84. The number of rotatable bonds is 3. The maximum Gasteiger partial charge on any atom is 0.0111 e. The molecule has 98 valence electrons. The summed E-state index contributed by atoms with van der Waals surface area (Å²) in [5.41, 5.74) is 6.40. The monoisotopic (exact) mass is 237 g/mol. The molecule has 3 nitrogen and oxygen atoms in total. The van der Waals surface area contributed by atoms with E-state index in [0.717, 1.165) is 17.8 Å². The van der Waals surface area contributed by atoms with Crippen molar-refractivity contribution in [2.24, 2.45) is 23.5 Å². The molecule has 0 amide bonds. The Hall–Kier alpha value is -0.120. The first-order chi connectivity index (χ1) is 8.28. The lowest BCUT2D eigenvalue weighted by Gasteiger charge is -2.38. The van der Waals surface area contributed by atoms with Gasteiger partial charge in [0.2, 0.25) is 0 Å². The van der Waals surface area contributed by atoms with Crippen LogP contribution in [-0.4, -0.2) is 55.1 Å². The van der Waals surface area contributed by atoms with Crippen LogP contribution in [0.4, 0.5) is 0 Å². The predicted molar refractivity (Wildman–Crippen MR) is 70.9 cm³/mol. The zero-order valence-corrected chi connectivity index (χ0v) is 11.1. The van der Waals surface area contributed by atoms with Crippen LogP contribution in [0.2, 0.25) is 0 Å². The van der Waals surface area contributed by atoms with Crippen LogP contribution in [0.5, 0.6) is 0 Å². The molecule has 0 spiro atoms. The van der Waals surface area contributed by atoms with Crippen molar-refractivity contribution >= 4 is 0 Å². The van der Waals surface area contributed by atoms with Gasteiger partial charge in [-0.1, -0.05) is 6.92 Å². The number of fused-ring (bicyclic) bond motifs is 2. The third kappa shape index (κ3) is 2.25. The standard InChI is InChI=1S/C14H27N3/c1-2-16-5-7-17(8-6-16)10-13-11-3-4-12(9-11)14(13)15/h11-14H,2-10,15H2,1H3. The molecule has 3 fully saturated rings. The summed E-state index contributed by atoms with van der Waals surface area (Å²) < 4.78 is 0. The normalized spacial score (nSPS) is 43.4. The van der Waals surface area contributed by atoms with Crippen molar-refractivity contribution in [2.45, 2.75) is 32.2 Å². The van der Waals surface area contributed by atoms with Crippen molar-refractivity contribution < 1.29 is 0 Å². The summed E-state index contributed by atoms with van der Waals surface area (Å²) in [4.78, 5) is 5.22. The van der Waals surface area contributed by atoms with Gasteiger partial charge in [0, 0.05) is 38.8 Å². The van der Waals surface area contributed by atoms with Gasteiger partial charge in [0.25, 0.3) is 0 Å². The van der Waals surface area contributed by atoms with Gasteiger partial charge in [-0.05, 0) is 43.6 Å². The van der Waals surface area contributed by atoms with E-state index in [2.05, 4.69) is 16.7 Å². The Morgan fingerprint density at radius 2 is 1.65 bits per heavy atom. The minimum atomic E-state index is 0.512. The van der Waals surface area contributed by atoms with Crippen LogP contribution in [0.3, 0.4) is 0 Å². The summed E-state index contributed by atoms with van der Waals surface area (Å²) >= 11 is 0. The van der Waals surface area contributed by atoms with Crippen LogP contribution < -0.4 is 5.73 Å². The van der Waals surface area contributed by atoms with Crippen molar-refractivity contribution in [3.05, 3.63) is 0 Å². The van der Waals surface area contributed by atoms with Gasteiger partial charge in [-0.2, -0.15) is 0 Å². The molecule has 0 aromatic rings. The molecule has 2 N–H and O–H groups in total. The second-order valence-electron chi connectivity index (χ2n) is 6.31. The van der Waals surface area contributed by atoms with Gasteiger partial charge in [-0.3, -0.25) is 0 Å². The molecule has 0 aromatic carbocycles. The van der Waals surface area contributed by atoms with E-state index in [1.165, 1.54) is 58.5 Å². The van der Waals surface area contributed by atoms with Crippen LogP contribution in [0.25, 0.3) is 0 Å². The van der Waals surface area contributed by atoms with Gasteiger partial charge in [0.05, 0.1) is 0 Å². The predicted octanol–water partition coefficient (Wildman–Crippen LogP) is 0.997. The number of nitrogens with zero attached hydrogens (tertiary/aromatic N) is 2. The highest BCUT2D eigenvalue weighted by molar-refractivity contribution is 5.00. The van der Waals surface area contributed by atoms with Crippen LogP contribution in [0.15, 0.2) is 0 Å². The summed E-state index contributed by atoms with van der Waals surface area (Å²) in [5, 5.41) is 0. The molecule has 2 bridgehead atoms. The molecule has 3 rings (SSSR count). The maximum atomic E-state index is 6.40. The molecule has 1 heterocycles. The number of likely N-dealkylation sites (N-methyl/N-ethyl adjacent to an activating group) is 1. The zero-order chi connectivity index (χ0) is 11.8. The quantitative estimate of drug-likeness (QED) is 0.795. The molecule has 3 aliphatic rings. The van der Waals surface area contributed by atoms with Gasteiger partial charge in [-0.25, -0.2) is 0 Å². The number of hydrogen-bond donors (Lipinski definition) is 1. The van der Waals surface area contributed by atoms with Gasteiger partial charge in [-0.15, -0.1) is 0 Å². The molecule has 1 saturated heterocycles. The highest BCUT2D eigenvalue weighted by Gasteiger charge is 2.46. The van der Waals surface area contributed by atoms with E-state index in [4.69, 9.17) is 5.73 Å². The van der Waals surface area contributed by atoms with Crippen LogP contribution >= 0.6 is 0 Å². The Labute approximate surface area is 105 Å². The molecule has 1 aliphatic heterocycles. The molecular formula is C14H27N3. The molecule has 0 radical (unpaired) electrons. The van der Waals surface area contributed by atoms with Gasteiger partial charge in [0.15, 0.2) is 0 Å². The molecule has 0 aromatic heterocycles. The van der Waals surface area contributed by atoms with E-state index in [-0.39, 0.29) is 0 Å². The van der Waals surface area contributed by atoms with Crippen molar-refractivity contribution in [2.75, 3.05) is 39.3 Å². The topological polar surface area (TPSA) is 32.5 Å². The third-order valence-electron chi connectivity index (χ3n) is 5.54. The Kier molecular flexibility index (Phi) is 3.42. The first-order valence-corrected chi connectivity index (χ1v) is 7.48. The molecule has 17 heavy (non-hydrogen) atoms.